The van der Waals surface area contributed by atoms with Crippen molar-refractivity contribution in [1.29, 1.82) is 0 Å². The lowest BCUT2D eigenvalue weighted by molar-refractivity contribution is -0.134. The molecule has 1 fully saturated rings. The third-order valence-electron chi connectivity index (χ3n) is 4.35. The first kappa shape index (κ1) is 19.4. The molecule has 5 nitrogen and oxygen atoms in total. The van der Waals surface area contributed by atoms with Crippen LogP contribution in [-0.4, -0.2) is 40.0 Å². The van der Waals surface area contributed by atoms with Crippen molar-refractivity contribution in [3.05, 3.63) is 39.3 Å². The molecule has 0 spiro atoms. The fourth-order valence-corrected chi connectivity index (χ4v) is 4.93. The number of hydrogen-bond donors (Lipinski definition) is 1. The van der Waals surface area contributed by atoms with E-state index in [1.54, 1.807) is 11.1 Å². The van der Waals surface area contributed by atoms with Gasteiger partial charge in [-0.2, -0.15) is 0 Å². The van der Waals surface area contributed by atoms with Crippen LogP contribution in [0.4, 0.5) is 5.13 Å². The molecule has 0 bridgehead atoms. The molecule has 0 aliphatic carbocycles. The van der Waals surface area contributed by atoms with Crippen LogP contribution in [0.25, 0.3) is 0 Å². The van der Waals surface area contributed by atoms with E-state index in [0.29, 0.717) is 23.8 Å². The number of hydrogen-bond acceptors (Lipinski definition) is 5. The molecule has 0 saturated carbocycles. The highest BCUT2D eigenvalue weighted by atomic mass is 79.9. The molecule has 1 unspecified atom stereocenters. The van der Waals surface area contributed by atoms with E-state index in [4.69, 9.17) is 0 Å². The molecule has 1 N–H and O–H groups in total. The molecular formula is C18H20BrN3O2S2. The number of anilines is 1. The Kier molecular flexibility index (Phi) is 6.37. The zero-order valence-corrected chi connectivity index (χ0v) is 17.8. The van der Waals surface area contributed by atoms with Gasteiger partial charge in [-0.25, -0.2) is 4.98 Å². The molecule has 138 valence electrons. The van der Waals surface area contributed by atoms with Gasteiger partial charge in [0.1, 0.15) is 6.04 Å². The summed E-state index contributed by atoms with van der Waals surface area (Å²) >= 11 is 6.44. The predicted octanol–water partition coefficient (Wildman–Crippen LogP) is 4.24. The molecule has 1 aliphatic rings. The van der Waals surface area contributed by atoms with Crippen LogP contribution in [0, 0.1) is 13.8 Å². The minimum absolute atomic E-state index is 0.00626. The number of aryl methyl sites for hydroxylation is 2. The van der Waals surface area contributed by atoms with Crippen LogP contribution in [0.1, 0.15) is 24.0 Å². The van der Waals surface area contributed by atoms with Crippen molar-refractivity contribution < 1.29 is 9.59 Å². The summed E-state index contributed by atoms with van der Waals surface area (Å²) in [6, 6.07) is 3.76. The molecular weight excluding hydrogens is 434 g/mol. The number of thiazole rings is 1. The number of rotatable bonds is 5. The van der Waals surface area contributed by atoms with Crippen molar-refractivity contribution in [3.63, 3.8) is 0 Å². The minimum atomic E-state index is -0.403. The van der Waals surface area contributed by atoms with Crippen molar-refractivity contribution in [2.75, 3.05) is 17.6 Å². The van der Waals surface area contributed by atoms with Gasteiger partial charge >= 0.3 is 0 Å². The van der Waals surface area contributed by atoms with Crippen molar-refractivity contribution in [2.24, 2.45) is 0 Å². The Morgan fingerprint density at radius 1 is 1.38 bits per heavy atom. The monoisotopic (exact) mass is 453 g/mol. The van der Waals surface area contributed by atoms with Gasteiger partial charge < -0.3 is 10.2 Å². The van der Waals surface area contributed by atoms with E-state index in [9.17, 15) is 9.59 Å². The zero-order chi connectivity index (χ0) is 18.7. The second kappa shape index (κ2) is 8.54. The summed E-state index contributed by atoms with van der Waals surface area (Å²) in [7, 11) is 0. The quantitative estimate of drug-likeness (QED) is 0.687. The van der Waals surface area contributed by atoms with Crippen LogP contribution >= 0.6 is 39.0 Å². The minimum Gasteiger partial charge on any atom is -0.330 e. The maximum absolute atomic E-state index is 12.7. The normalized spacial score (nSPS) is 16.7. The summed E-state index contributed by atoms with van der Waals surface area (Å²) in [5, 5.41) is 5.19. The molecule has 3 rings (SSSR count). The molecule has 0 radical (unpaired) electrons. The summed E-state index contributed by atoms with van der Waals surface area (Å²) in [4.78, 5) is 32.1. The smallest absolute Gasteiger partial charge is 0.248 e. The molecule has 1 aliphatic heterocycles. The Labute approximate surface area is 169 Å². The summed E-state index contributed by atoms with van der Waals surface area (Å²) in [5.74, 6) is 0.196. The van der Waals surface area contributed by atoms with E-state index in [1.807, 2.05) is 19.2 Å². The first-order valence-electron chi connectivity index (χ1n) is 8.35. The average Bonchev–Trinajstić information content (AvgIpc) is 3.28. The van der Waals surface area contributed by atoms with Crippen LogP contribution in [0.3, 0.4) is 0 Å². The molecule has 1 atom stereocenters. The van der Waals surface area contributed by atoms with Gasteiger partial charge in [0.05, 0.1) is 5.75 Å². The molecule has 2 aromatic rings. The second-order valence-electron chi connectivity index (χ2n) is 6.23. The van der Waals surface area contributed by atoms with Crippen LogP contribution in [0.2, 0.25) is 0 Å². The molecule has 1 aromatic carbocycles. The van der Waals surface area contributed by atoms with Crippen LogP contribution < -0.4 is 5.32 Å². The zero-order valence-electron chi connectivity index (χ0n) is 14.6. The number of aromatic nitrogens is 1. The van der Waals surface area contributed by atoms with E-state index < -0.39 is 6.04 Å². The lowest BCUT2D eigenvalue weighted by Gasteiger charge is -2.23. The highest BCUT2D eigenvalue weighted by molar-refractivity contribution is 9.10. The summed E-state index contributed by atoms with van der Waals surface area (Å²) in [6.45, 7) is 4.71. The number of carbonyl (C=O) groups is 2. The Bertz CT molecular complexity index is 811. The maximum Gasteiger partial charge on any atom is 0.248 e. The average molecular weight is 454 g/mol. The molecule has 1 saturated heterocycles. The van der Waals surface area contributed by atoms with Gasteiger partial charge in [-0.15, -0.1) is 23.1 Å². The van der Waals surface area contributed by atoms with E-state index in [1.165, 1.54) is 23.1 Å². The van der Waals surface area contributed by atoms with Gasteiger partial charge in [-0.1, -0.05) is 15.9 Å². The Hall–Kier alpha value is -1.38. The number of halogens is 1. The third-order valence-corrected chi connectivity index (χ3v) is 7.03. The Balaban J connectivity index is 1.61. The standard InChI is InChI=1S/C18H20BrN3O2S2/c1-11-9-15(12(2)8-13(11)19)26-10-16(23)22-6-3-4-14(22)17(24)21-18-20-5-7-25-18/h5,7-9,14H,3-4,6,10H2,1-2H3,(H,20,21,24). The number of thioether (sulfide) groups is 1. The van der Waals surface area contributed by atoms with Crippen molar-refractivity contribution >= 4 is 56.0 Å². The van der Waals surface area contributed by atoms with Gasteiger partial charge in [-0.3, -0.25) is 9.59 Å². The summed E-state index contributed by atoms with van der Waals surface area (Å²) in [6.07, 6.45) is 3.20. The molecule has 2 amide bonds. The SMILES string of the molecule is Cc1cc(SCC(=O)N2CCCC2C(=O)Nc2nccs2)c(C)cc1Br. The van der Waals surface area contributed by atoms with Crippen molar-refractivity contribution in [2.45, 2.75) is 37.6 Å². The fraction of sp³-hybridized carbons (Fsp3) is 0.389. The summed E-state index contributed by atoms with van der Waals surface area (Å²) in [5.41, 5.74) is 2.28. The fourth-order valence-electron chi connectivity index (χ4n) is 2.94. The maximum atomic E-state index is 12.7. The van der Waals surface area contributed by atoms with E-state index in [2.05, 4.69) is 38.4 Å². The largest absolute Gasteiger partial charge is 0.330 e. The number of amides is 2. The predicted molar refractivity (Wildman–Crippen MR) is 110 cm³/mol. The molecule has 8 heteroatoms. The Morgan fingerprint density at radius 2 is 2.19 bits per heavy atom. The molecule has 1 aromatic heterocycles. The van der Waals surface area contributed by atoms with Gasteiger partial charge in [0.25, 0.3) is 0 Å². The number of likely N-dealkylation sites (tertiary alicyclic amines) is 1. The molecule has 2 heterocycles. The van der Waals surface area contributed by atoms with E-state index in [0.717, 1.165) is 26.9 Å². The van der Waals surface area contributed by atoms with E-state index in [-0.39, 0.29) is 11.8 Å². The van der Waals surface area contributed by atoms with Gasteiger partial charge in [-0.05, 0) is 49.9 Å². The van der Waals surface area contributed by atoms with E-state index >= 15 is 0 Å². The first-order valence-corrected chi connectivity index (χ1v) is 11.0. The lowest BCUT2D eigenvalue weighted by atomic mass is 10.2. The van der Waals surface area contributed by atoms with Gasteiger partial charge in [0, 0.05) is 27.5 Å². The number of nitrogens with one attached hydrogen (secondary N) is 1. The van der Waals surface area contributed by atoms with Crippen molar-refractivity contribution in [3.8, 4) is 0 Å². The van der Waals surface area contributed by atoms with Crippen LogP contribution in [0.5, 0.6) is 0 Å². The number of carbonyl (C=O) groups excluding carboxylic acids is 2. The number of nitrogens with zero attached hydrogens (tertiary/aromatic N) is 2. The second-order valence-corrected chi connectivity index (χ2v) is 8.99. The van der Waals surface area contributed by atoms with Gasteiger partial charge in [0.2, 0.25) is 11.8 Å². The van der Waals surface area contributed by atoms with Gasteiger partial charge in [0.15, 0.2) is 5.13 Å². The molecule has 26 heavy (non-hydrogen) atoms. The topological polar surface area (TPSA) is 62.3 Å². The van der Waals surface area contributed by atoms with Crippen LogP contribution in [0.15, 0.2) is 33.1 Å². The summed E-state index contributed by atoms with van der Waals surface area (Å²) < 4.78 is 1.07. The Morgan fingerprint density at radius 3 is 2.92 bits per heavy atom. The lowest BCUT2D eigenvalue weighted by Crippen LogP contribution is -2.43. The number of benzene rings is 1. The highest BCUT2D eigenvalue weighted by Gasteiger charge is 2.34. The van der Waals surface area contributed by atoms with Crippen LogP contribution in [-0.2, 0) is 9.59 Å². The highest BCUT2D eigenvalue weighted by Crippen LogP contribution is 2.29. The first-order chi connectivity index (χ1) is 12.5. The third kappa shape index (κ3) is 4.47. The van der Waals surface area contributed by atoms with Crippen molar-refractivity contribution in [1.82, 2.24) is 9.88 Å².